The highest BCUT2D eigenvalue weighted by molar-refractivity contribution is 6.46. The third kappa shape index (κ3) is 4.00. The summed E-state index contributed by atoms with van der Waals surface area (Å²) < 4.78 is 13.4. The number of aliphatic hydroxyl groups excluding tert-OH is 1. The number of nitrogens with zero attached hydrogens (tertiary/aromatic N) is 2. The first-order valence-corrected chi connectivity index (χ1v) is 11.2. The molecule has 36 heavy (non-hydrogen) atoms. The molecule has 4 aromatic rings. The van der Waals surface area contributed by atoms with Crippen LogP contribution >= 0.6 is 0 Å². The number of amides is 1. The summed E-state index contributed by atoms with van der Waals surface area (Å²) in [6.07, 6.45) is 2.24. The van der Waals surface area contributed by atoms with Crippen LogP contribution in [0.3, 0.4) is 0 Å². The Morgan fingerprint density at radius 1 is 1.06 bits per heavy atom. The van der Waals surface area contributed by atoms with Crippen molar-refractivity contribution in [3.05, 3.63) is 117 Å². The number of halogens is 1. The van der Waals surface area contributed by atoms with Crippen LogP contribution in [0.4, 0.5) is 10.1 Å². The van der Waals surface area contributed by atoms with Gasteiger partial charge in [0.25, 0.3) is 17.4 Å². The lowest BCUT2D eigenvalue weighted by Crippen LogP contribution is -2.31. The minimum atomic E-state index is -1.06. The van der Waals surface area contributed by atoms with E-state index < -0.39 is 34.2 Å². The maximum absolute atomic E-state index is 13.4. The summed E-state index contributed by atoms with van der Waals surface area (Å²) in [6.45, 7) is 0.125. The molecular weight excluding hydrogens is 465 g/mol. The molecule has 1 unspecified atom stereocenters. The molecule has 2 N–H and O–H groups in total. The van der Waals surface area contributed by atoms with E-state index in [1.54, 1.807) is 6.07 Å². The van der Waals surface area contributed by atoms with E-state index in [-0.39, 0.29) is 23.4 Å². The molecule has 1 amide bonds. The van der Waals surface area contributed by atoms with Crippen LogP contribution in [0, 0.1) is 15.9 Å². The summed E-state index contributed by atoms with van der Waals surface area (Å²) in [6, 6.07) is 17.1. The van der Waals surface area contributed by atoms with Crippen molar-refractivity contribution >= 4 is 34.0 Å². The fourth-order valence-corrected chi connectivity index (χ4v) is 4.61. The van der Waals surface area contributed by atoms with Gasteiger partial charge in [-0.1, -0.05) is 30.3 Å². The SMILES string of the molecule is O=C1C(=O)N(CCc2c[nH]c3ccccc23)C(c2cccc([N+](=O)[O-])c2)/C1=C(/O)c1ccc(F)cc1. The van der Waals surface area contributed by atoms with Crippen molar-refractivity contribution in [2.75, 3.05) is 6.54 Å². The number of ketones is 1. The first-order valence-electron chi connectivity index (χ1n) is 11.2. The Balaban J connectivity index is 1.59. The minimum absolute atomic E-state index is 0.125. The number of para-hydroxylation sites is 1. The number of H-pyrrole nitrogens is 1. The summed E-state index contributed by atoms with van der Waals surface area (Å²) in [5.41, 5.74) is 1.92. The molecule has 0 spiro atoms. The van der Waals surface area contributed by atoms with Gasteiger partial charge in [-0.2, -0.15) is 0 Å². The van der Waals surface area contributed by atoms with Crippen LogP contribution in [0.15, 0.2) is 84.6 Å². The van der Waals surface area contributed by atoms with Crippen molar-refractivity contribution < 1.29 is 24.0 Å². The van der Waals surface area contributed by atoms with Crippen LogP contribution in [-0.4, -0.2) is 38.1 Å². The lowest BCUT2D eigenvalue weighted by atomic mass is 9.95. The molecule has 0 saturated carbocycles. The Kier molecular flexibility index (Phi) is 5.81. The van der Waals surface area contributed by atoms with Gasteiger partial charge in [0.1, 0.15) is 11.6 Å². The molecule has 1 fully saturated rings. The fraction of sp³-hybridized carbons (Fsp3) is 0.111. The summed E-state index contributed by atoms with van der Waals surface area (Å²) >= 11 is 0. The first kappa shape index (κ1) is 23.0. The molecule has 2 heterocycles. The molecule has 1 atom stereocenters. The van der Waals surface area contributed by atoms with Crippen molar-refractivity contribution in [1.29, 1.82) is 0 Å². The molecule has 1 saturated heterocycles. The molecule has 0 aliphatic carbocycles. The summed E-state index contributed by atoms with van der Waals surface area (Å²) in [4.78, 5) is 41.6. The highest BCUT2D eigenvalue weighted by atomic mass is 19.1. The number of likely N-dealkylation sites (tertiary alicyclic amines) is 1. The predicted molar refractivity (Wildman–Crippen MR) is 131 cm³/mol. The molecule has 180 valence electrons. The summed E-state index contributed by atoms with van der Waals surface area (Å²) in [5, 5.41) is 23.4. The Bertz CT molecular complexity index is 1540. The van der Waals surface area contributed by atoms with Gasteiger partial charge in [0.2, 0.25) is 0 Å². The third-order valence-corrected chi connectivity index (χ3v) is 6.35. The number of hydrogen-bond acceptors (Lipinski definition) is 5. The summed E-state index contributed by atoms with van der Waals surface area (Å²) in [5.74, 6) is -2.73. The van der Waals surface area contributed by atoms with E-state index in [0.717, 1.165) is 28.6 Å². The highest BCUT2D eigenvalue weighted by Gasteiger charge is 2.46. The zero-order valence-electron chi connectivity index (χ0n) is 18.8. The second-order valence-corrected chi connectivity index (χ2v) is 8.46. The molecule has 9 heteroatoms. The second kappa shape index (κ2) is 9.10. The lowest BCUT2D eigenvalue weighted by Gasteiger charge is -2.25. The predicted octanol–water partition coefficient (Wildman–Crippen LogP) is 4.88. The van der Waals surface area contributed by atoms with E-state index in [2.05, 4.69) is 4.98 Å². The van der Waals surface area contributed by atoms with Crippen LogP contribution in [0.25, 0.3) is 16.7 Å². The van der Waals surface area contributed by atoms with Crippen molar-refractivity contribution in [1.82, 2.24) is 9.88 Å². The number of non-ortho nitro benzene ring substituents is 1. The zero-order chi connectivity index (χ0) is 25.4. The van der Waals surface area contributed by atoms with E-state index in [1.807, 2.05) is 30.5 Å². The Morgan fingerprint density at radius 3 is 2.56 bits per heavy atom. The molecule has 1 aliphatic rings. The number of Topliss-reactive ketones (excluding diaryl/α,β-unsaturated/α-hetero) is 1. The van der Waals surface area contributed by atoms with Gasteiger partial charge >= 0.3 is 0 Å². The molecule has 5 rings (SSSR count). The van der Waals surface area contributed by atoms with Gasteiger partial charge in [-0.15, -0.1) is 0 Å². The smallest absolute Gasteiger partial charge is 0.295 e. The molecule has 1 aliphatic heterocycles. The third-order valence-electron chi connectivity index (χ3n) is 6.35. The van der Waals surface area contributed by atoms with Gasteiger partial charge < -0.3 is 15.0 Å². The van der Waals surface area contributed by atoms with E-state index >= 15 is 0 Å². The van der Waals surface area contributed by atoms with Crippen molar-refractivity contribution in [2.24, 2.45) is 0 Å². The average molecular weight is 485 g/mol. The number of carbonyl (C=O) groups is 2. The van der Waals surface area contributed by atoms with E-state index in [4.69, 9.17) is 0 Å². The summed E-state index contributed by atoms with van der Waals surface area (Å²) in [7, 11) is 0. The Morgan fingerprint density at radius 2 is 1.81 bits per heavy atom. The van der Waals surface area contributed by atoms with E-state index in [1.165, 1.54) is 35.2 Å². The molecular formula is C27H20FN3O5. The number of hydrogen-bond donors (Lipinski definition) is 2. The number of aromatic nitrogens is 1. The zero-order valence-corrected chi connectivity index (χ0v) is 18.8. The normalized spacial score (nSPS) is 17.1. The highest BCUT2D eigenvalue weighted by Crippen LogP contribution is 2.40. The number of aromatic amines is 1. The number of aliphatic hydroxyl groups is 1. The topological polar surface area (TPSA) is 117 Å². The second-order valence-electron chi connectivity index (χ2n) is 8.46. The van der Waals surface area contributed by atoms with Crippen molar-refractivity contribution in [2.45, 2.75) is 12.5 Å². The Hall–Kier alpha value is -4.79. The largest absolute Gasteiger partial charge is 0.507 e. The number of nitro benzene ring substituents is 1. The molecule has 3 aromatic carbocycles. The Labute approximate surface area is 204 Å². The van der Waals surface area contributed by atoms with Crippen LogP contribution < -0.4 is 0 Å². The number of carbonyl (C=O) groups excluding carboxylic acids is 2. The first-order chi connectivity index (χ1) is 17.3. The molecule has 0 radical (unpaired) electrons. The van der Waals surface area contributed by atoms with Gasteiger partial charge in [0, 0.05) is 41.3 Å². The fourth-order valence-electron chi connectivity index (χ4n) is 4.61. The van der Waals surface area contributed by atoms with Gasteiger partial charge in [0.15, 0.2) is 0 Å². The minimum Gasteiger partial charge on any atom is -0.507 e. The monoisotopic (exact) mass is 485 g/mol. The number of nitrogens with one attached hydrogen (secondary N) is 1. The molecule has 0 bridgehead atoms. The van der Waals surface area contributed by atoms with Crippen LogP contribution in [0.5, 0.6) is 0 Å². The maximum atomic E-state index is 13.4. The standard InChI is InChI=1S/C27H20FN3O5/c28-19-10-8-16(9-11-19)25(32)23-24(17-4-3-5-20(14-17)31(35)36)30(27(34)26(23)33)13-12-18-15-29-22-7-2-1-6-21(18)22/h1-11,14-15,24,29,32H,12-13H2/b25-23-. The van der Waals surface area contributed by atoms with Crippen LogP contribution in [0.1, 0.15) is 22.7 Å². The van der Waals surface area contributed by atoms with E-state index in [0.29, 0.717) is 12.0 Å². The maximum Gasteiger partial charge on any atom is 0.295 e. The number of nitro groups is 1. The number of fused-ring (bicyclic) bond motifs is 1. The van der Waals surface area contributed by atoms with E-state index in [9.17, 15) is 29.2 Å². The number of rotatable bonds is 6. The number of benzene rings is 3. The quantitative estimate of drug-likeness (QED) is 0.133. The average Bonchev–Trinajstić information content (AvgIpc) is 3.41. The van der Waals surface area contributed by atoms with Gasteiger partial charge in [-0.3, -0.25) is 19.7 Å². The van der Waals surface area contributed by atoms with Crippen molar-refractivity contribution in [3.63, 3.8) is 0 Å². The van der Waals surface area contributed by atoms with Gasteiger partial charge in [0.05, 0.1) is 16.5 Å². The van der Waals surface area contributed by atoms with Gasteiger partial charge in [-0.05, 0) is 47.9 Å². The van der Waals surface area contributed by atoms with Crippen molar-refractivity contribution in [3.8, 4) is 0 Å². The van der Waals surface area contributed by atoms with Gasteiger partial charge in [-0.25, -0.2) is 4.39 Å². The molecule has 8 nitrogen and oxygen atoms in total. The van der Waals surface area contributed by atoms with Crippen LogP contribution in [-0.2, 0) is 16.0 Å². The molecule has 1 aromatic heterocycles. The lowest BCUT2D eigenvalue weighted by molar-refractivity contribution is -0.384. The van der Waals surface area contributed by atoms with Crippen LogP contribution in [0.2, 0.25) is 0 Å².